The van der Waals surface area contributed by atoms with E-state index in [4.69, 9.17) is 16.3 Å². The Morgan fingerprint density at radius 2 is 1.66 bits per heavy atom. The van der Waals surface area contributed by atoms with E-state index in [2.05, 4.69) is 5.32 Å². The van der Waals surface area contributed by atoms with Crippen LogP contribution >= 0.6 is 11.6 Å². The molecule has 4 rings (SSSR count). The molecule has 218 valence electrons. The van der Waals surface area contributed by atoms with Gasteiger partial charge in [0.05, 0.1) is 17.7 Å². The number of nitrogens with zero attached hydrogens (tertiary/aromatic N) is 2. The van der Waals surface area contributed by atoms with Crippen molar-refractivity contribution < 1.29 is 27.1 Å². The number of halogens is 2. The molecule has 1 N–H and O–H groups in total. The van der Waals surface area contributed by atoms with E-state index in [0.29, 0.717) is 10.8 Å². The molecule has 1 aliphatic rings. The maximum atomic E-state index is 14.7. The van der Waals surface area contributed by atoms with Crippen molar-refractivity contribution in [3.63, 3.8) is 0 Å². The highest BCUT2D eigenvalue weighted by Gasteiger charge is 2.33. The predicted molar refractivity (Wildman–Crippen MR) is 156 cm³/mol. The number of benzene rings is 3. The summed E-state index contributed by atoms with van der Waals surface area (Å²) in [7, 11) is -2.78. The van der Waals surface area contributed by atoms with E-state index < -0.39 is 34.3 Å². The molecule has 41 heavy (non-hydrogen) atoms. The van der Waals surface area contributed by atoms with Crippen molar-refractivity contribution in [2.24, 2.45) is 0 Å². The lowest BCUT2D eigenvalue weighted by molar-refractivity contribution is -0.139. The minimum Gasteiger partial charge on any atom is -0.497 e. The SMILES string of the molecule is COc1ccc(S(=O)(=O)N(CC(=O)N(Cc2ccccc2F)C(C)C(=O)NC2CCCC2)c2ccc(Cl)cc2)cc1. The third-order valence-corrected chi connectivity index (χ3v) is 9.25. The van der Waals surface area contributed by atoms with Crippen LogP contribution in [-0.2, 0) is 26.2 Å². The van der Waals surface area contributed by atoms with Crippen LogP contribution in [0.2, 0.25) is 5.02 Å². The monoisotopic (exact) mass is 601 g/mol. The molecular weight excluding hydrogens is 569 g/mol. The van der Waals surface area contributed by atoms with Gasteiger partial charge in [-0.3, -0.25) is 13.9 Å². The molecule has 0 radical (unpaired) electrons. The largest absolute Gasteiger partial charge is 0.497 e. The molecule has 0 saturated heterocycles. The number of rotatable bonds is 11. The van der Waals surface area contributed by atoms with E-state index in [1.165, 1.54) is 78.7 Å². The summed E-state index contributed by atoms with van der Waals surface area (Å²) in [5, 5.41) is 3.38. The lowest BCUT2D eigenvalue weighted by atomic mass is 10.1. The average molecular weight is 602 g/mol. The molecule has 0 heterocycles. The van der Waals surface area contributed by atoms with Crippen molar-refractivity contribution in [2.75, 3.05) is 18.0 Å². The summed E-state index contributed by atoms with van der Waals surface area (Å²) in [6.07, 6.45) is 3.72. The molecule has 3 aromatic rings. The van der Waals surface area contributed by atoms with Gasteiger partial charge in [-0.2, -0.15) is 0 Å². The minimum absolute atomic E-state index is 0.0105. The number of amides is 2. The zero-order chi connectivity index (χ0) is 29.6. The summed E-state index contributed by atoms with van der Waals surface area (Å²) in [5.41, 5.74) is 0.407. The smallest absolute Gasteiger partial charge is 0.264 e. The Hall–Kier alpha value is -3.63. The van der Waals surface area contributed by atoms with Crippen LogP contribution in [0.15, 0.2) is 77.7 Å². The maximum Gasteiger partial charge on any atom is 0.264 e. The number of hydrogen-bond donors (Lipinski definition) is 1. The maximum absolute atomic E-state index is 14.7. The van der Waals surface area contributed by atoms with Crippen LogP contribution in [0.5, 0.6) is 5.75 Å². The summed E-state index contributed by atoms with van der Waals surface area (Å²) in [6, 6.07) is 16.8. The Labute approximate surface area is 245 Å². The Balaban J connectivity index is 1.69. The van der Waals surface area contributed by atoms with Gasteiger partial charge in [-0.05, 0) is 74.4 Å². The number of carbonyl (C=O) groups excluding carboxylic acids is 2. The molecule has 1 aliphatic carbocycles. The summed E-state index contributed by atoms with van der Waals surface area (Å²) in [6.45, 7) is 0.709. The van der Waals surface area contributed by atoms with Crippen LogP contribution in [-0.4, -0.2) is 50.9 Å². The van der Waals surface area contributed by atoms with Crippen LogP contribution in [0.4, 0.5) is 10.1 Å². The lowest BCUT2D eigenvalue weighted by Gasteiger charge is -2.32. The molecule has 1 fully saturated rings. The Bertz CT molecular complexity index is 1460. The fourth-order valence-corrected chi connectivity index (χ4v) is 6.34. The van der Waals surface area contributed by atoms with Crippen molar-refractivity contribution in [1.82, 2.24) is 10.2 Å². The molecule has 0 aromatic heterocycles. The first kappa shape index (κ1) is 30.3. The normalized spacial score (nSPS) is 14.3. The van der Waals surface area contributed by atoms with Gasteiger partial charge in [-0.25, -0.2) is 12.8 Å². The van der Waals surface area contributed by atoms with Gasteiger partial charge < -0.3 is 15.0 Å². The summed E-state index contributed by atoms with van der Waals surface area (Å²) < 4.78 is 48.5. The van der Waals surface area contributed by atoms with Crippen molar-refractivity contribution in [3.8, 4) is 5.75 Å². The molecular formula is C30H33ClFN3O5S. The zero-order valence-corrected chi connectivity index (χ0v) is 24.5. The highest BCUT2D eigenvalue weighted by Crippen LogP contribution is 2.27. The van der Waals surface area contributed by atoms with E-state index in [1.54, 1.807) is 13.0 Å². The van der Waals surface area contributed by atoms with Crippen LogP contribution in [0.25, 0.3) is 0 Å². The standard InChI is InChI=1S/C30H33ClFN3O5S/c1-21(30(37)33-24-8-4-5-9-24)34(19-22-7-3-6-10-28(22)32)29(36)20-35(25-13-11-23(31)12-14-25)41(38,39)27-17-15-26(40-2)16-18-27/h3,6-7,10-18,21,24H,4-5,8-9,19-20H2,1-2H3,(H,33,37). The molecule has 1 saturated carbocycles. The van der Waals surface area contributed by atoms with Gasteiger partial charge in [0.25, 0.3) is 10.0 Å². The van der Waals surface area contributed by atoms with Crippen LogP contribution in [0.1, 0.15) is 38.2 Å². The van der Waals surface area contributed by atoms with E-state index in [0.717, 1.165) is 30.0 Å². The van der Waals surface area contributed by atoms with Gasteiger partial charge in [-0.1, -0.05) is 42.6 Å². The van der Waals surface area contributed by atoms with Crippen LogP contribution in [0, 0.1) is 5.82 Å². The number of sulfonamides is 1. The molecule has 0 spiro atoms. The third kappa shape index (κ3) is 7.37. The number of ether oxygens (including phenoxy) is 1. The first-order chi connectivity index (χ1) is 19.6. The number of carbonyl (C=O) groups is 2. The summed E-state index contributed by atoms with van der Waals surface area (Å²) in [4.78, 5) is 28.3. The topological polar surface area (TPSA) is 96.0 Å². The molecule has 1 atom stereocenters. The molecule has 1 unspecified atom stereocenters. The number of hydrogen-bond acceptors (Lipinski definition) is 5. The fourth-order valence-electron chi connectivity index (χ4n) is 4.80. The summed E-state index contributed by atoms with van der Waals surface area (Å²) in [5.74, 6) is -1.11. The van der Waals surface area contributed by atoms with Gasteiger partial charge in [-0.15, -0.1) is 0 Å². The fraction of sp³-hybridized carbons (Fsp3) is 0.333. The van der Waals surface area contributed by atoms with Gasteiger partial charge in [0, 0.05) is 23.2 Å². The average Bonchev–Trinajstić information content (AvgIpc) is 3.48. The molecule has 0 bridgehead atoms. The van der Waals surface area contributed by atoms with E-state index >= 15 is 0 Å². The first-order valence-corrected chi connectivity index (χ1v) is 15.2. The first-order valence-electron chi connectivity index (χ1n) is 13.4. The second-order valence-corrected chi connectivity index (χ2v) is 12.2. The van der Waals surface area contributed by atoms with Crippen molar-refractivity contribution in [3.05, 3.63) is 89.2 Å². The summed E-state index contributed by atoms with van der Waals surface area (Å²) >= 11 is 6.05. The van der Waals surface area contributed by atoms with E-state index in [9.17, 15) is 22.4 Å². The van der Waals surface area contributed by atoms with Gasteiger partial charge in [0.1, 0.15) is 24.2 Å². The van der Waals surface area contributed by atoms with Crippen molar-refractivity contribution in [1.29, 1.82) is 0 Å². The van der Waals surface area contributed by atoms with Gasteiger partial charge in [0.15, 0.2) is 0 Å². The molecule has 11 heteroatoms. The molecule has 8 nitrogen and oxygen atoms in total. The van der Waals surface area contributed by atoms with E-state index in [-0.39, 0.29) is 34.6 Å². The van der Waals surface area contributed by atoms with Crippen LogP contribution < -0.4 is 14.4 Å². The second kappa shape index (κ2) is 13.4. The Morgan fingerprint density at radius 1 is 1.02 bits per heavy atom. The van der Waals surface area contributed by atoms with Crippen molar-refractivity contribution in [2.45, 2.75) is 56.1 Å². The molecule has 3 aromatic carbocycles. The highest BCUT2D eigenvalue weighted by atomic mass is 35.5. The van der Waals surface area contributed by atoms with Gasteiger partial charge >= 0.3 is 0 Å². The number of nitrogens with one attached hydrogen (secondary N) is 1. The Morgan fingerprint density at radius 3 is 2.27 bits per heavy atom. The van der Waals surface area contributed by atoms with Crippen molar-refractivity contribution >= 4 is 39.1 Å². The number of anilines is 1. The highest BCUT2D eigenvalue weighted by molar-refractivity contribution is 7.92. The molecule has 2 amide bonds. The molecule has 0 aliphatic heterocycles. The Kier molecular flexibility index (Phi) is 9.88. The second-order valence-electron chi connectivity index (χ2n) is 9.94. The van der Waals surface area contributed by atoms with E-state index in [1.807, 2.05) is 0 Å². The predicted octanol–water partition coefficient (Wildman–Crippen LogP) is 5.16. The minimum atomic E-state index is -4.25. The zero-order valence-electron chi connectivity index (χ0n) is 22.9. The number of methoxy groups -OCH3 is 1. The quantitative estimate of drug-likeness (QED) is 0.328. The lowest BCUT2D eigenvalue weighted by Crippen LogP contribution is -2.52. The van der Waals surface area contributed by atoms with Gasteiger partial charge in [0.2, 0.25) is 11.8 Å². The third-order valence-electron chi connectivity index (χ3n) is 7.21. The van der Waals surface area contributed by atoms with Crippen LogP contribution in [0.3, 0.4) is 0 Å².